The first-order valence-electron chi connectivity index (χ1n) is 10.4. The van der Waals surface area contributed by atoms with Crippen molar-refractivity contribution in [3.05, 3.63) is 71.5 Å². The quantitative estimate of drug-likeness (QED) is 0.732. The molecule has 0 saturated carbocycles. The Labute approximate surface area is 166 Å². The maximum Gasteiger partial charge on any atom is 0.315 e. The zero-order chi connectivity index (χ0) is 19.3. The minimum absolute atomic E-state index is 0.0751. The molecule has 0 spiro atoms. The molecule has 2 aliphatic rings. The number of hydrogen-bond acceptors (Lipinski definition) is 1. The standard InChI is InChI=1S/C23H28FN3O/c24-19-11-9-18(10-12-19)16-27-21-7-4-8-22(27)14-20(13-21)26-23(28)25-15-17-5-2-1-3-6-17/h1-3,5-6,9-12,20-22H,4,7-8,13-16H2,(H2,25,26,28)/p+1/t21-,22-/m1/s1. The Morgan fingerprint density at radius 2 is 1.64 bits per heavy atom. The zero-order valence-electron chi connectivity index (χ0n) is 16.2. The van der Waals surface area contributed by atoms with E-state index in [2.05, 4.69) is 10.6 Å². The lowest BCUT2D eigenvalue weighted by molar-refractivity contribution is -0.973. The van der Waals surface area contributed by atoms with E-state index in [4.69, 9.17) is 0 Å². The number of amides is 2. The van der Waals surface area contributed by atoms with Gasteiger partial charge in [-0.1, -0.05) is 42.5 Å². The van der Waals surface area contributed by atoms with Crippen LogP contribution >= 0.6 is 0 Å². The van der Waals surface area contributed by atoms with Crippen molar-refractivity contribution in [2.45, 2.75) is 63.3 Å². The molecule has 2 amide bonds. The van der Waals surface area contributed by atoms with Crippen molar-refractivity contribution in [2.24, 2.45) is 0 Å². The molecular weight excluding hydrogens is 353 g/mol. The largest absolute Gasteiger partial charge is 0.335 e. The van der Waals surface area contributed by atoms with Gasteiger partial charge >= 0.3 is 6.03 Å². The molecule has 28 heavy (non-hydrogen) atoms. The van der Waals surface area contributed by atoms with Gasteiger partial charge in [-0.3, -0.25) is 0 Å². The van der Waals surface area contributed by atoms with Crippen LogP contribution in [0.3, 0.4) is 0 Å². The van der Waals surface area contributed by atoms with Gasteiger partial charge in [0.1, 0.15) is 12.4 Å². The molecule has 2 aliphatic heterocycles. The van der Waals surface area contributed by atoms with Crippen LogP contribution in [-0.4, -0.2) is 24.2 Å². The van der Waals surface area contributed by atoms with E-state index in [1.54, 1.807) is 17.0 Å². The molecule has 2 heterocycles. The van der Waals surface area contributed by atoms with Gasteiger partial charge in [0.25, 0.3) is 0 Å². The molecule has 4 rings (SSSR count). The monoisotopic (exact) mass is 382 g/mol. The molecule has 2 aromatic rings. The molecular formula is C23H29FN3O+. The van der Waals surface area contributed by atoms with Crippen molar-refractivity contribution in [1.82, 2.24) is 10.6 Å². The Balaban J connectivity index is 1.31. The van der Waals surface area contributed by atoms with E-state index in [1.165, 1.54) is 24.8 Å². The molecule has 0 unspecified atom stereocenters. The SMILES string of the molecule is O=C(NCc1ccccc1)NC1C[C@H]2CCC[C@H](C1)[NH+]2Cc1ccc(F)cc1. The molecule has 4 nitrogen and oxygen atoms in total. The number of hydrogen-bond donors (Lipinski definition) is 3. The summed E-state index contributed by atoms with van der Waals surface area (Å²) in [5, 5.41) is 6.17. The van der Waals surface area contributed by atoms with Gasteiger partial charge in [0.2, 0.25) is 0 Å². The second-order valence-corrected chi connectivity index (χ2v) is 8.18. The highest BCUT2D eigenvalue weighted by molar-refractivity contribution is 5.74. The first-order chi connectivity index (χ1) is 13.7. The molecule has 2 saturated heterocycles. The van der Waals surface area contributed by atoms with E-state index < -0.39 is 0 Å². The number of benzene rings is 2. The maximum absolute atomic E-state index is 13.2. The smallest absolute Gasteiger partial charge is 0.315 e. The number of quaternary nitrogens is 1. The Morgan fingerprint density at radius 3 is 2.32 bits per heavy atom. The molecule has 0 radical (unpaired) electrons. The van der Waals surface area contributed by atoms with Crippen LogP contribution in [0.5, 0.6) is 0 Å². The van der Waals surface area contributed by atoms with E-state index >= 15 is 0 Å². The second-order valence-electron chi connectivity index (χ2n) is 8.18. The molecule has 148 valence electrons. The van der Waals surface area contributed by atoms with Gasteiger partial charge in [-0.05, 0) is 37.0 Å². The molecule has 2 atom stereocenters. The van der Waals surface area contributed by atoms with Gasteiger partial charge in [-0.2, -0.15) is 0 Å². The van der Waals surface area contributed by atoms with E-state index in [-0.39, 0.29) is 17.9 Å². The Kier molecular flexibility index (Phi) is 5.91. The van der Waals surface area contributed by atoms with Crippen LogP contribution in [0.1, 0.15) is 43.2 Å². The van der Waals surface area contributed by atoms with Crippen LogP contribution < -0.4 is 15.5 Å². The second kappa shape index (κ2) is 8.74. The van der Waals surface area contributed by atoms with Gasteiger partial charge < -0.3 is 15.5 Å². The number of piperidine rings is 2. The van der Waals surface area contributed by atoms with Crippen LogP contribution in [0.25, 0.3) is 0 Å². The van der Waals surface area contributed by atoms with Crippen LogP contribution in [0.4, 0.5) is 9.18 Å². The predicted octanol–water partition coefficient (Wildman–Crippen LogP) is 2.79. The minimum atomic E-state index is -0.177. The Hall–Kier alpha value is -2.40. The molecule has 3 N–H and O–H groups in total. The van der Waals surface area contributed by atoms with E-state index in [0.717, 1.165) is 24.9 Å². The van der Waals surface area contributed by atoms with E-state index in [9.17, 15) is 9.18 Å². The van der Waals surface area contributed by atoms with E-state index in [1.807, 2.05) is 42.5 Å². The minimum Gasteiger partial charge on any atom is -0.335 e. The van der Waals surface area contributed by atoms with Gasteiger partial charge in [-0.15, -0.1) is 0 Å². The van der Waals surface area contributed by atoms with Crippen molar-refractivity contribution in [1.29, 1.82) is 0 Å². The van der Waals surface area contributed by atoms with Crippen LogP contribution in [-0.2, 0) is 13.1 Å². The number of rotatable bonds is 5. The summed E-state index contributed by atoms with van der Waals surface area (Å²) >= 11 is 0. The highest BCUT2D eigenvalue weighted by Gasteiger charge is 2.42. The number of carbonyl (C=O) groups is 1. The number of fused-ring (bicyclic) bond motifs is 2. The molecule has 2 fully saturated rings. The molecule has 0 aromatic heterocycles. The lowest BCUT2D eigenvalue weighted by atomic mass is 9.81. The fraction of sp³-hybridized carbons (Fsp3) is 0.435. The third kappa shape index (κ3) is 4.71. The average Bonchev–Trinajstić information content (AvgIpc) is 2.69. The number of halogens is 1. The predicted molar refractivity (Wildman–Crippen MR) is 107 cm³/mol. The fourth-order valence-electron chi connectivity index (χ4n) is 4.90. The lowest BCUT2D eigenvalue weighted by Crippen LogP contribution is -3.20. The van der Waals surface area contributed by atoms with Crippen molar-refractivity contribution in [3.8, 4) is 0 Å². The maximum atomic E-state index is 13.2. The van der Waals surface area contributed by atoms with Crippen molar-refractivity contribution >= 4 is 6.03 Å². The number of carbonyl (C=O) groups excluding carboxylic acids is 1. The van der Waals surface area contributed by atoms with Gasteiger partial charge in [0, 0.05) is 31.0 Å². The Morgan fingerprint density at radius 1 is 0.964 bits per heavy atom. The first kappa shape index (κ1) is 18.9. The summed E-state index contributed by atoms with van der Waals surface area (Å²) in [6.07, 6.45) is 5.72. The fourth-order valence-corrected chi connectivity index (χ4v) is 4.90. The van der Waals surface area contributed by atoms with Crippen LogP contribution in [0.15, 0.2) is 54.6 Å². The number of urea groups is 1. The highest BCUT2D eigenvalue weighted by Crippen LogP contribution is 2.23. The van der Waals surface area contributed by atoms with Crippen LogP contribution in [0.2, 0.25) is 0 Å². The average molecular weight is 383 g/mol. The first-order valence-corrected chi connectivity index (χ1v) is 10.4. The summed E-state index contributed by atoms with van der Waals surface area (Å²) in [7, 11) is 0. The topological polar surface area (TPSA) is 45.6 Å². The number of nitrogens with one attached hydrogen (secondary N) is 3. The summed E-state index contributed by atoms with van der Waals surface area (Å²) in [6.45, 7) is 1.50. The normalized spacial score (nSPS) is 26.5. The highest BCUT2D eigenvalue weighted by atomic mass is 19.1. The van der Waals surface area contributed by atoms with Crippen molar-refractivity contribution in [2.75, 3.05) is 0 Å². The summed E-state index contributed by atoms with van der Waals surface area (Å²) in [6, 6.07) is 18.2. The molecule has 5 heteroatoms. The summed E-state index contributed by atoms with van der Waals surface area (Å²) in [5.74, 6) is -0.177. The molecule has 0 aliphatic carbocycles. The molecule has 2 aromatic carbocycles. The Bertz CT molecular complexity index is 766. The summed E-state index contributed by atoms with van der Waals surface area (Å²) in [4.78, 5) is 14.0. The lowest BCUT2D eigenvalue weighted by Gasteiger charge is -2.46. The van der Waals surface area contributed by atoms with Crippen molar-refractivity contribution < 1.29 is 14.1 Å². The van der Waals surface area contributed by atoms with Gasteiger partial charge in [0.15, 0.2) is 0 Å². The molecule has 2 bridgehead atoms. The van der Waals surface area contributed by atoms with E-state index in [0.29, 0.717) is 18.6 Å². The third-order valence-corrected chi connectivity index (χ3v) is 6.24. The third-order valence-electron chi connectivity index (χ3n) is 6.24. The summed E-state index contributed by atoms with van der Waals surface area (Å²) < 4.78 is 13.2. The zero-order valence-corrected chi connectivity index (χ0v) is 16.2. The van der Waals surface area contributed by atoms with Gasteiger partial charge in [-0.25, -0.2) is 9.18 Å². The summed E-state index contributed by atoms with van der Waals surface area (Å²) in [5.41, 5.74) is 2.30. The van der Waals surface area contributed by atoms with Crippen LogP contribution in [0, 0.1) is 5.82 Å². The van der Waals surface area contributed by atoms with Gasteiger partial charge in [0.05, 0.1) is 12.1 Å². The van der Waals surface area contributed by atoms with Crippen molar-refractivity contribution in [3.63, 3.8) is 0 Å².